The number of carbonyl (C=O) groups is 1. The van der Waals surface area contributed by atoms with Gasteiger partial charge in [-0.25, -0.2) is 0 Å². The molecule has 6 heteroatoms. The lowest BCUT2D eigenvalue weighted by Gasteiger charge is -2.38. The van der Waals surface area contributed by atoms with Crippen LogP contribution in [-0.4, -0.2) is 52.1 Å². The number of methoxy groups -OCH3 is 1. The predicted molar refractivity (Wildman–Crippen MR) is 103 cm³/mol. The van der Waals surface area contributed by atoms with Gasteiger partial charge in [-0.2, -0.15) is 0 Å². The molecular weight excluding hydrogens is 344 g/mol. The fraction of sp³-hybridized carbons (Fsp3) is 0.722. The molecule has 0 aromatic carbocycles. The number of rotatable bonds is 11. The minimum Gasteiger partial charge on any atom is -0.462 e. The van der Waals surface area contributed by atoms with Gasteiger partial charge in [0, 0.05) is 13.5 Å². The van der Waals surface area contributed by atoms with Crippen molar-refractivity contribution in [1.82, 2.24) is 0 Å². The van der Waals surface area contributed by atoms with Crippen molar-refractivity contribution in [2.45, 2.75) is 61.4 Å². The third-order valence-electron chi connectivity index (χ3n) is 3.92. The molecule has 0 unspecified atom stereocenters. The summed E-state index contributed by atoms with van der Waals surface area (Å²) in [6.45, 7) is 9.22. The number of carbonyl (C=O) groups excluding carboxylic acids is 1. The molecule has 0 amide bonds. The number of allylic oxidation sites excluding steroid dienone is 1. The summed E-state index contributed by atoms with van der Waals surface area (Å²) in [4.78, 5) is 11.8. The Labute approximate surface area is 154 Å². The highest BCUT2D eigenvalue weighted by Gasteiger charge is 2.35. The molecule has 1 saturated heterocycles. The van der Waals surface area contributed by atoms with E-state index in [1.165, 1.54) is 24.0 Å². The van der Waals surface area contributed by atoms with Crippen LogP contribution in [-0.2, 0) is 14.3 Å². The molecule has 138 valence electrons. The van der Waals surface area contributed by atoms with Gasteiger partial charge in [-0.05, 0) is 37.7 Å². The lowest BCUT2D eigenvalue weighted by atomic mass is 10.0. The first-order valence-corrected chi connectivity index (χ1v) is 10.3. The van der Waals surface area contributed by atoms with E-state index in [1.807, 2.05) is 36.5 Å². The summed E-state index contributed by atoms with van der Waals surface area (Å²) < 4.78 is 11.2. The Morgan fingerprint density at radius 2 is 2.04 bits per heavy atom. The molecule has 1 aliphatic heterocycles. The van der Waals surface area contributed by atoms with Crippen LogP contribution < -0.4 is 0 Å². The highest BCUT2D eigenvalue weighted by molar-refractivity contribution is 8.18. The van der Waals surface area contributed by atoms with Crippen molar-refractivity contribution in [1.29, 1.82) is 0 Å². The van der Waals surface area contributed by atoms with E-state index >= 15 is 0 Å². The zero-order valence-electron chi connectivity index (χ0n) is 14.7. The normalized spacial score (nSPS) is 20.6. The maximum atomic E-state index is 11.8. The lowest BCUT2D eigenvalue weighted by molar-refractivity contribution is -0.151. The van der Waals surface area contributed by atoms with E-state index in [0.29, 0.717) is 6.42 Å². The molecule has 0 aromatic rings. The fourth-order valence-corrected chi connectivity index (χ4v) is 6.13. The van der Waals surface area contributed by atoms with E-state index in [1.54, 1.807) is 7.11 Å². The van der Waals surface area contributed by atoms with Crippen LogP contribution in [0.5, 0.6) is 0 Å². The van der Waals surface area contributed by atoms with E-state index in [9.17, 15) is 9.90 Å². The fourth-order valence-electron chi connectivity index (χ4n) is 2.71. The Bertz CT molecular complexity index is 408. The Morgan fingerprint density at radius 3 is 2.58 bits per heavy atom. The maximum Gasteiger partial charge on any atom is 0.309 e. The van der Waals surface area contributed by atoms with Gasteiger partial charge in [0.05, 0.1) is 22.7 Å². The number of esters is 1. The summed E-state index contributed by atoms with van der Waals surface area (Å²) in [6.07, 6.45) is 5.92. The molecule has 1 N–H and O–H groups in total. The monoisotopic (exact) mass is 374 g/mol. The van der Waals surface area contributed by atoms with Gasteiger partial charge in [-0.3, -0.25) is 4.79 Å². The van der Waals surface area contributed by atoms with Crippen LogP contribution in [0.25, 0.3) is 0 Å². The number of aliphatic hydroxyl groups is 1. The second-order valence-corrected chi connectivity index (χ2v) is 9.27. The van der Waals surface area contributed by atoms with Gasteiger partial charge >= 0.3 is 5.97 Å². The summed E-state index contributed by atoms with van der Waals surface area (Å²) in [6, 6.07) is 0. The number of thioether (sulfide) groups is 2. The van der Waals surface area contributed by atoms with Crippen LogP contribution in [0.1, 0.15) is 39.0 Å². The van der Waals surface area contributed by atoms with E-state index in [0.717, 1.165) is 12.8 Å². The van der Waals surface area contributed by atoms with Crippen LogP contribution in [0, 0.1) is 0 Å². The van der Waals surface area contributed by atoms with Gasteiger partial charge in [0.2, 0.25) is 0 Å². The number of hydrogen-bond donors (Lipinski definition) is 1. The van der Waals surface area contributed by atoms with Crippen LogP contribution >= 0.6 is 23.5 Å². The zero-order chi connectivity index (χ0) is 18.0. The van der Waals surface area contributed by atoms with E-state index < -0.39 is 12.1 Å². The van der Waals surface area contributed by atoms with Gasteiger partial charge in [0.25, 0.3) is 0 Å². The van der Waals surface area contributed by atoms with Gasteiger partial charge in [-0.1, -0.05) is 12.2 Å². The van der Waals surface area contributed by atoms with Crippen LogP contribution in [0.3, 0.4) is 0 Å². The summed E-state index contributed by atoms with van der Waals surface area (Å²) in [7, 11) is 1.71. The van der Waals surface area contributed by atoms with E-state index in [4.69, 9.17) is 9.47 Å². The quantitative estimate of drug-likeness (QED) is 0.439. The SMILES string of the molecule is C=CCC1(C[C@H](C[C@@H](C)OC(=O)C[C@H](O)C=C)OC)SCCCS1. The molecule has 0 aliphatic carbocycles. The molecule has 4 nitrogen and oxygen atoms in total. The molecule has 24 heavy (non-hydrogen) atoms. The summed E-state index contributed by atoms with van der Waals surface area (Å²) in [5.41, 5.74) is 0. The molecule has 0 saturated carbocycles. The van der Waals surface area contributed by atoms with Gasteiger partial charge in [-0.15, -0.1) is 36.7 Å². The lowest BCUT2D eigenvalue weighted by Crippen LogP contribution is -2.33. The average Bonchev–Trinajstić information content (AvgIpc) is 2.54. The van der Waals surface area contributed by atoms with Crippen molar-refractivity contribution in [2.75, 3.05) is 18.6 Å². The Balaban J connectivity index is 2.53. The average molecular weight is 375 g/mol. The largest absolute Gasteiger partial charge is 0.462 e. The molecular formula is C18H30O4S2. The van der Waals surface area contributed by atoms with Crippen molar-refractivity contribution in [2.24, 2.45) is 0 Å². The highest BCUT2D eigenvalue weighted by Crippen LogP contribution is 2.48. The number of ether oxygens (including phenoxy) is 2. The minimum atomic E-state index is -0.853. The Hall–Kier alpha value is -0.430. The molecule has 0 radical (unpaired) electrons. The Morgan fingerprint density at radius 1 is 1.38 bits per heavy atom. The Kier molecular flexibility index (Phi) is 10.1. The first-order valence-electron chi connectivity index (χ1n) is 8.36. The molecule has 0 aromatic heterocycles. The zero-order valence-corrected chi connectivity index (χ0v) is 16.4. The third kappa shape index (κ3) is 7.64. The molecule has 1 aliphatic rings. The van der Waals surface area contributed by atoms with Crippen LogP contribution in [0.4, 0.5) is 0 Å². The topological polar surface area (TPSA) is 55.8 Å². The summed E-state index contributed by atoms with van der Waals surface area (Å²) >= 11 is 3.98. The summed E-state index contributed by atoms with van der Waals surface area (Å²) in [5, 5.41) is 9.42. The number of hydrogen-bond acceptors (Lipinski definition) is 6. The van der Waals surface area contributed by atoms with Gasteiger partial charge < -0.3 is 14.6 Å². The molecule has 0 bridgehead atoms. The number of aliphatic hydroxyl groups excluding tert-OH is 1. The van der Waals surface area contributed by atoms with E-state index in [2.05, 4.69) is 13.2 Å². The predicted octanol–water partition coefficient (Wildman–Crippen LogP) is 3.79. The summed E-state index contributed by atoms with van der Waals surface area (Å²) in [5.74, 6) is 1.93. The maximum absolute atomic E-state index is 11.8. The van der Waals surface area contributed by atoms with Crippen molar-refractivity contribution < 1.29 is 19.4 Å². The van der Waals surface area contributed by atoms with Crippen molar-refractivity contribution in [3.05, 3.63) is 25.3 Å². The molecule has 1 fully saturated rings. The molecule has 0 spiro atoms. The second kappa shape index (κ2) is 11.2. The molecule has 1 rings (SSSR count). The smallest absolute Gasteiger partial charge is 0.309 e. The van der Waals surface area contributed by atoms with Gasteiger partial charge in [0.15, 0.2) is 0 Å². The molecule has 3 atom stereocenters. The van der Waals surface area contributed by atoms with E-state index in [-0.39, 0.29) is 22.7 Å². The third-order valence-corrected chi connectivity index (χ3v) is 7.33. The van der Waals surface area contributed by atoms with Gasteiger partial charge in [0.1, 0.15) is 6.10 Å². The van der Waals surface area contributed by atoms with Crippen molar-refractivity contribution in [3.8, 4) is 0 Å². The van der Waals surface area contributed by atoms with Crippen molar-refractivity contribution in [3.63, 3.8) is 0 Å². The van der Waals surface area contributed by atoms with Crippen LogP contribution in [0.15, 0.2) is 25.3 Å². The highest BCUT2D eigenvalue weighted by atomic mass is 32.2. The van der Waals surface area contributed by atoms with Crippen molar-refractivity contribution >= 4 is 29.5 Å². The first kappa shape index (κ1) is 21.6. The first-order chi connectivity index (χ1) is 11.4. The molecule has 1 heterocycles. The van der Waals surface area contributed by atoms with Crippen LogP contribution in [0.2, 0.25) is 0 Å². The second-order valence-electron chi connectivity index (χ2n) is 6.06. The minimum absolute atomic E-state index is 0.0233. The standard InChI is InChI=1S/C18H30O4S2/c1-5-8-18(23-9-7-10-24-18)13-16(21-4)11-14(3)22-17(20)12-15(19)6-2/h5-6,14-16,19H,1-2,7-13H2,3-4H3/t14-,15-,16+/m1/s1.